The molecule has 0 aliphatic heterocycles. The van der Waals surface area contributed by atoms with Gasteiger partial charge in [0, 0.05) is 5.92 Å². The summed E-state index contributed by atoms with van der Waals surface area (Å²) in [6, 6.07) is 0. The number of alkyl halides is 1. The van der Waals surface area contributed by atoms with Gasteiger partial charge < -0.3 is 4.42 Å². The third kappa shape index (κ3) is 1.13. The summed E-state index contributed by atoms with van der Waals surface area (Å²) in [6.07, 6.45) is 1.82. The van der Waals surface area contributed by atoms with E-state index in [0.29, 0.717) is 28.5 Å². The summed E-state index contributed by atoms with van der Waals surface area (Å²) in [6.45, 7) is 9.06. The molecule has 0 amide bonds. The predicted molar refractivity (Wildman–Crippen MR) is 56.4 cm³/mol. The van der Waals surface area contributed by atoms with Crippen molar-refractivity contribution in [2.24, 2.45) is 10.8 Å². The largest absolute Gasteiger partial charge is 0.444 e. The molecule has 1 saturated carbocycles. The molecule has 0 aromatic carbocycles. The molecule has 0 unspecified atom stereocenters. The Morgan fingerprint density at radius 2 is 1.93 bits per heavy atom. The molecule has 0 N–H and O–H groups in total. The predicted octanol–water partition coefficient (Wildman–Crippen LogP) is 3.56. The van der Waals surface area contributed by atoms with Crippen LogP contribution in [0.5, 0.6) is 0 Å². The van der Waals surface area contributed by atoms with Crippen LogP contribution in [0.25, 0.3) is 0 Å². The maximum Gasteiger partial charge on any atom is 0.209 e. The van der Waals surface area contributed by atoms with Crippen LogP contribution in [0.3, 0.4) is 0 Å². The van der Waals surface area contributed by atoms with Gasteiger partial charge in [-0.3, -0.25) is 0 Å². The molecule has 0 bridgehead atoms. The number of nitrogens with zero attached hydrogens (tertiary/aromatic N) is 1. The number of hydrogen-bond acceptors (Lipinski definition) is 2. The molecule has 1 aromatic rings. The third-order valence-corrected chi connectivity index (χ3v) is 4.22. The molecular formula is C11H16ClNO. The van der Waals surface area contributed by atoms with E-state index in [9.17, 15) is 0 Å². The zero-order valence-corrected chi connectivity index (χ0v) is 9.85. The van der Waals surface area contributed by atoms with Gasteiger partial charge >= 0.3 is 0 Å². The van der Waals surface area contributed by atoms with Gasteiger partial charge in [0.1, 0.15) is 5.76 Å². The summed E-state index contributed by atoms with van der Waals surface area (Å²) in [5, 5.41) is 0. The second-order valence-corrected chi connectivity index (χ2v) is 5.43. The summed E-state index contributed by atoms with van der Waals surface area (Å²) in [4.78, 5) is 4.13. The first kappa shape index (κ1) is 10.0. The van der Waals surface area contributed by atoms with Crippen LogP contribution in [0, 0.1) is 10.8 Å². The summed E-state index contributed by atoms with van der Waals surface area (Å²) >= 11 is 5.65. The van der Waals surface area contributed by atoms with E-state index in [1.165, 1.54) is 0 Å². The lowest BCUT2D eigenvalue weighted by molar-refractivity contribution is 0.451. The molecule has 14 heavy (non-hydrogen) atoms. The highest BCUT2D eigenvalue weighted by molar-refractivity contribution is 6.16. The first-order valence-electron chi connectivity index (χ1n) is 4.92. The Bertz CT molecular complexity index is 340. The molecule has 1 aromatic heterocycles. The molecule has 0 atom stereocenters. The van der Waals surface area contributed by atoms with E-state index in [-0.39, 0.29) is 0 Å². The lowest BCUT2D eigenvalue weighted by Crippen LogP contribution is -1.95. The normalized spacial score (nSPS) is 23.8. The number of halogens is 1. The number of hydrogen-bond donors (Lipinski definition) is 0. The highest BCUT2D eigenvalue weighted by atomic mass is 35.5. The van der Waals surface area contributed by atoms with Gasteiger partial charge in [-0.2, -0.15) is 0 Å². The van der Waals surface area contributed by atoms with E-state index >= 15 is 0 Å². The Balaban J connectivity index is 2.27. The van der Waals surface area contributed by atoms with Crippen molar-refractivity contribution in [2.75, 3.05) is 0 Å². The van der Waals surface area contributed by atoms with Gasteiger partial charge in [-0.1, -0.05) is 27.7 Å². The maximum absolute atomic E-state index is 5.65. The van der Waals surface area contributed by atoms with Crippen molar-refractivity contribution in [1.29, 1.82) is 0 Å². The van der Waals surface area contributed by atoms with Crippen molar-refractivity contribution in [3.05, 3.63) is 17.8 Å². The van der Waals surface area contributed by atoms with Crippen LogP contribution >= 0.6 is 11.6 Å². The van der Waals surface area contributed by atoms with Gasteiger partial charge in [-0.25, -0.2) is 4.98 Å². The topological polar surface area (TPSA) is 26.0 Å². The molecule has 1 heterocycles. The van der Waals surface area contributed by atoms with E-state index in [1.54, 1.807) is 0 Å². The molecule has 0 radical (unpaired) electrons. The number of aromatic nitrogens is 1. The maximum atomic E-state index is 5.65. The van der Waals surface area contributed by atoms with Crippen LogP contribution in [0.2, 0.25) is 0 Å². The van der Waals surface area contributed by atoms with Crippen molar-refractivity contribution in [3.8, 4) is 0 Å². The quantitative estimate of drug-likeness (QED) is 0.703. The zero-order valence-electron chi connectivity index (χ0n) is 9.10. The van der Waals surface area contributed by atoms with Crippen LogP contribution in [0.1, 0.15) is 45.3 Å². The fourth-order valence-corrected chi connectivity index (χ4v) is 2.55. The first-order valence-corrected chi connectivity index (χ1v) is 5.45. The minimum absolute atomic E-state index is 0.302. The van der Waals surface area contributed by atoms with Gasteiger partial charge in [0.25, 0.3) is 0 Å². The van der Waals surface area contributed by atoms with Gasteiger partial charge in [0.05, 0.1) is 12.1 Å². The molecule has 0 saturated heterocycles. The van der Waals surface area contributed by atoms with E-state index in [4.69, 9.17) is 16.0 Å². The summed E-state index contributed by atoms with van der Waals surface area (Å²) in [5.74, 6) is 2.43. The van der Waals surface area contributed by atoms with E-state index < -0.39 is 0 Å². The molecule has 3 heteroatoms. The minimum atomic E-state index is 0.302. The molecule has 2 rings (SSSR count). The van der Waals surface area contributed by atoms with Crippen molar-refractivity contribution in [2.45, 2.75) is 39.5 Å². The van der Waals surface area contributed by atoms with Crippen LogP contribution in [-0.4, -0.2) is 4.98 Å². The third-order valence-electron chi connectivity index (χ3n) is 3.99. The Kier molecular flexibility index (Phi) is 1.97. The van der Waals surface area contributed by atoms with Crippen molar-refractivity contribution in [1.82, 2.24) is 4.98 Å². The number of oxazole rings is 1. The average molecular weight is 214 g/mol. The smallest absolute Gasteiger partial charge is 0.209 e. The highest BCUT2D eigenvalue weighted by Gasteiger charge is 2.66. The lowest BCUT2D eigenvalue weighted by Gasteiger charge is -2.03. The second kappa shape index (κ2) is 2.75. The van der Waals surface area contributed by atoms with Crippen LogP contribution < -0.4 is 0 Å². The van der Waals surface area contributed by atoms with Crippen LogP contribution in [-0.2, 0) is 5.88 Å². The van der Waals surface area contributed by atoms with E-state index in [2.05, 4.69) is 32.7 Å². The molecule has 1 aliphatic rings. The monoisotopic (exact) mass is 213 g/mol. The first-order chi connectivity index (χ1) is 6.41. The van der Waals surface area contributed by atoms with E-state index in [1.807, 2.05) is 6.20 Å². The Morgan fingerprint density at radius 3 is 2.29 bits per heavy atom. The Hall–Kier alpha value is -0.500. The highest BCUT2D eigenvalue weighted by Crippen LogP contribution is 2.73. The SMILES string of the molecule is CC1(C)C(c2cnc(CCl)o2)C1(C)C. The molecule has 0 spiro atoms. The Labute approximate surface area is 89.7 Å². The fourth-order valence-electron chi connectivity index (χ4n) is 2.43. The summed E-state index contributed by atoms with van der Waals surface area (Å²) < 4.78 is 5.58. The van der Waals surface area contributed by atoms with Crippen molar-refractivity contribution < 1.29 is 4.42 Å². The fraction of sp³-hybridized carbons (Fsp3) is 0.727. The van der Waals surface area contributed by atoms with Gasteiger partial charge in [-0.15, -0.1) is 11.6 Å². The molecular weight excluding hydrogens is 198 g/mol. The van der Waals surface area contributed by atoms with Crippen LogP contribution in [0.15, 0.2) is 10.6 Å². The molecule has 1 aliphatic carbocycles. The summed E-state index contributed by atoms with van der Waals surface area (Å²) in [7, 11) is 0. The molecule has 78 valence electrons. The van der Waals surface area contributed by atoms with Gasteiger partial charge in [-0.05, 0) is 10.8 Å². The van der Waals surface area contributed by atoms with Gasteiger partial charge in [0.15, 0.2) is 0 Å². The van der Waals surface area contributed by atoms with E-state index in [0.717, 1.165) is 5.76 Å². The van der Waals surface area contributed by atoms with Gasteiger partial charge in [0.2, 0.25) is 5.89 Å². The standard InChI is InChI=1S/C11H16ClNO/c1-10(2)9(11(10,3)4)7-6-13-8(5-12)14-7/h6,9H,5H2,1-4H3. The van der Waals surface area contributed by atoms with Crippen molar-refractivity contribution in [3.63, 3.8) is 0 Å². The minimum Gasteiger partial charge on any atom is -0.444 e. The molecule has 2 nitrogen and oxygen atoms in total. The second-order valence-electron chi connectivity index (χ2n) is 5.17. The Morgan fingerprint density at radius 1 is 1.36 bits per heavy atom. The number of rotatable bonds is 2. The average Bonchev–Trinajstić information content (AvgIpc) is 2.51. The van der Waals surface area contributed by atoms with Crippen molar-refractivity contribution >= 4 is 11.6 Å². The lowest BCUT2D eigenvalue weighted by atomic mass is 10.0. The summed E-state index contributed by atoms with van der Waals surface area (Å²) in [5.41, 5.74) is 0.603. The molecule has 1 fully saturated rings. The zero-order chi connectivity index (χ0) is 10.6. The van der Waals surface area contributed by atoms with Crippen LogP contribution in [0.4, 0.5) is 0 Å².